The first-order valence-electron chi connectivity index (χ1n) is 7.85. The highest BCUT2D eigenvalue weighted by Crippen LogP contribution is 2.18. The molecule has 1 aromatic rings. The van der Waals surface area contributed by atoms with E-state index in [9.17, 15) is 13.2 Å². The summed E-state index contributed by atoms with van der Waals surface area (Å²) in [5.41, 5.74) is 0.616. The number of hydrogen-bond donors (Lipinski definition) is 2. The third kappa shape index (κ3) is 6.09. The predicted molar refractivity (Wildman–Crippen MR) is 90.6 cm³/mol. The number of nitrogens with one attached hydrogen (secondary N) is 2. The average Bonchev–Trinajstić information content (AvgIpc) is 2.77. The Hall–Kier alpha value is -1.76. The molecule has 2 N–H and O–H groups in total. The smallest absolute Gasteiger partial charge is 0.319 e. The van der Waals surface area contributed by atoms with Gasteiger partial charge in [0, 0.05) is 17.8 Å². The van der Waals surface area contributed by atoms with Crippen LogP contribution < -0.4 is 15.4 Å². The van der Waals surface area contributed by atoms with Crippen molar-refractivity contribution in [1.29, 1.82) is 0 Å². The van der Waals surface area contributed by atoms with Gasteiger partial charge < -0.3 is 15.4 Å². The van der Waals surface area contributed by atoms with Crippen molar-refractivity contribution >= 4 is 21.6 Å². The number of anilines is 1. The van der Waals surface area contributed by atoms with E-state index in [-0.39, 0.29) is 17.5 Å². The number of carbonyl (C=O) groups excluding carboxylic acids is 1. The molecular formula is C16H24N2O4S. The molecular weight excluding hydrogens is 316 g/mol. The number of benzene rings is 1. The van der Waals surface area contributed by atoms with E-state index < -0.39 is 15.9 Å². The molecule has 23 heavy (non-hydrogen) atoms. The van der Waals surface area contributed by atoms with Crippen molar-refractivity contribution in [2.75, 3.05) is 23.4 Å². The molecule has 1 heterocycles. The maximum atomic E-state index is 11.9. The first-order chi connectivity index (χ1) is 10.8. The summed E-state index contributed by atoms with van der Waals surface area (Å²) in [6.45, 7) is 4.90. The Morgan fingerprint density at radius 3 is 2.83 bits per heavy atom. The minimum Gasteiger partial charge on any atom is -0.494 e. The monoisotopic (exact) mass is 340 g/mol. The topological polar surface area (TPSA) is 84.5 Å². The number of amides is 2. The highest BCUT2D eigenvalue weighted by Gasteiger charge is 2.28. The Labute approximate surface area is 137 Å². The van der Waals surface area contributed by atoms with Crippen molar-refractivity contribution in [3.63, 3.8) is 0 Å². The lowest BCUT2D eigenvalue weighted by Gasteiger charge is -2.13. The number of sulfone groups is 1. The zero-order chi connectivity index (χ0) is 16.9. The number of urea groups is 1. The molecule has 0 aromatic heterocycles. The minimum atomic E-state index is -3.00. The molecule has 0 aliphatic carbocycles. The Morgan fingerprint density at radius 1 is 1.39 bits per heavy atom. The van der Waals surface area contributed by atoms with Crippen molar-refractivity contribution in [1.82, 2.24) is 5.32 Å². The van der Waals surface area contributed by atoms with E-state index in [0.717, 1.165) is 6.42 Å². The minimum absolute atomic E-state index is 0.0127. The maximum absolute atomic E-state index is 11.9. The van der Waals surface area contributed by atoms with E-state index in [2.05, 4.69) is 24.5 Å². The van der Waals surface area contributed by atoms with Crippen LogP contribution in [0.3, 0.4) is 0 Å². The average molecular weight is 340 g/mol. The summed E-state index contributed by atoms with van der Waals surface area (Å²) in [5, 5.41) is 5.40. The third-order valence-corrected chi connectivity index (χ3v) is 5.39. The van der Waals surface area contributed by atoms with Gasteiger partial charge in [-0.3, -0.25) is 0 Å². The zero-order valence-electron chi connectivity index (χ0n) is 13.5. The second-order valence-electron chi connectivity index (χ2n) is 6.26. The lowest BCUT2D eigenvalue weighted by atomic mass is 10.1. The van der Waals surface area contributed by atoms with Gasteiger partial charge in [-0.05, 0) is 30.9 Å². The van der Waals surface area contributed by atoms with Gasteiger partial charge in [0.25, 0.3) is 0 Å². The fraction of sp³-hybridized carbons (Fsp3) is 0.562. The molecule has 1 unspecified atom stereocenters. The molecule has 0 radical (unpaired) electrons. The summed E-state index contributed by atoms with van der Waals surface area (Å²) in [5.74, 6) is 1.42. The largest absolute Gasteiger partial charge is 0.494 e. The van der Waals surface area contributed by atoms with Crippen LogP contribution in [0.4, 0.5) is 10.5 Å². The lowest BCUT2D eigenvalue weighted by molar-refractivity contribution is 0.249. The van der Waals surface area contributed by atoms with Gasteiger partial charge in [0.1, 0.15) is 5.75 Å². The van der Waals surface area contributed by atoms with Crippen LogP contribution in [0.15, 0.2) is 24.3 Å². The van der Waals surface area contributed by atoms with E-state index in [1.165, 1.54) is 0 Å². The number of hydrogen-bond acceptors (Lipinski definition) is 4. The molecule has 6 nitrogen and oxygen atoms in total. The first-order valence-corrected chi connectivity index (χ1v) is 9.67. The van der Waals surface area contributed by atoms with Gasteiger partial charge in [0.2, 0.25) is 0 Å². The molecule has 0 bridgehead atoms. The van der Waals surface area contributed by atoms with Crippen molar-refractivity contribution in [3.8, 4) is 5.75 Å². The fourth-order valence-corrected chi connectivity index (χ4v) is 4.01. The molecule has 2 amide bonds. The van der Waals surface area contributed by atoms with Crippen molar-refractivity contribution in [3.05, 3.63) is 24.3 Å². The normalized spacial score (nSPS) is 19.5. The molecule has 128 valence electrons. The van der Waals surface area contributed by atoms with Crippen LogP contribution in [0.2, 0.25) is 0 Å². The standard InChI is InChI=1S/C16H24N2O4S/c1-12(2)6-8-22-15-5-3-4-13(10-15)17-16(19)18-14-7-9-23(20,21)11-14/h3-5,10,12,14H,6-9,11H2,1-2H3,(H2,17,18,19). The second-order valence-corrected chi connectivity index (χ2v) is 8.49. The quantitative estimate of drug-likeness (QED) is 0.833. The Morgan fingerprint density at radius 2 is 2.17 bits per heavy atom. The summed E-state index contributed by atoms with van der Waals surface area (Å²) in [7, 11) is -3.00. The second kappa shape index (κ2) is 7.68. The maximum Gasteiger partial charge on any atom is 0.319 e. The molecule has 1 saturated heterocycles. The van der Waals surface area contributed by atoms with Crippen LogP contribution in [-0.2, 0) is 9.84 Å². The van der Waals surface area contributed by atoms with E-state index in [1.807, 2.05) is 6.07 Å². The molecule has 0 spiro atoms. The van der Waals surface area contributed by atoms with Crippen LogP contribution in [0.25, 0.3) is 0 Å². The van der Waals surface area contributed by atoms with Gasteiger partial charge in [-0.2, -0.15) is 0 Å². The summed E-state index contributed by atoms with van der Waals surface area (Å²) in [6, 6.07) is 6.45. The fourth-order valence-electron chi connectivity index (χ4n) is 2.34. The summed E-state index contributed by atoms with van der Waals surface area (Å²) in [6.07, 6.45) is 1.43. The highest BCUT2D eigenvalue weighted by molar-refractivity contribution is 7.91. The first kappa shape index (κ1) is 17.6. The third-order valence-electron chi connectivity index (χ3n) is 3.62. The SMILES string of the molecule is CC(C)CCOc1cccc(NC(=O)NC2CCS(=O)(=O)C2)c1. The number of carbonyl (C=O) groups is 1. The number of ether oxygens (including phenoxy) is 1. The molecule has 1 aromatic carbocycles. The Bertz CT molecular complexity index is 643. The van der Waals surface area contributed by atoms with Crippen LogP contribution in [0, 0.1) is 5.92 Å². The molecule has 1 aliphatic rings. The Kier molecular flexibility index (Phi) is 5.87. The van der Waals surface area contributed by atoms with Gasteiger partial charge >= 0.3 is 6.03 Å². The van der Waals surface area contributed by atoms with Crippen molar-refractivity contribution in [2.24, 2.45) is 5.92 Å². The molecule has 2 rings (SSSR count). The highest BCUT2D eigenvalue weighted by atomic mass is 32.2. The summed E-state index contributed by atoms with van der Waals surface area (Å²) >= 11 is 0. The van der Waals surface area contributed by atoms with E-state index in [0.29, 0.717) is 30.4 Å². The van der Waals surface area contributed by atoms with Gasteiger partial charge in [0.05, 0.1) is 18.1 Å². The zero-order valence-corrected chi connectivity index (χ0v) is 14.4. The Balaban J connectivity index is 1.83. The van der Waals surface area contributed by atoms with Crippen LogP contribution in [0.1, 0.15) is 26.7 Å². The summed E-state index contributed by atoms with van der Waals surface area (Å²) in [4.78, 5) is 11.9. The van der Waals surface area contributed by atoms with Crippen LogP contribution in [-0.4, -0.2) is 38.6 Å². The molecule has 1 aliphatic heterocycles. The number of rotatable bonds is 6. The molecule has 0 saturated carbocycles. The molecule has 1 atom stereocenters. The van der Waals surface area contributed by atoms with Crippen molar-refractivity contribution < 1.29 is 17.9 Å². The van der Waals surface area contributed by atoms with E-state index in [1.54, 1.807) is 18.2 Å². The van der Waals surface area contributed by atoms with Crippen LogP contribution in [0.5, 0.6) is 5.75 Å². The van der Waals surface area contributed by atoms with Gasteiger partial charge in [-0.1, -0.05) is 19.9 Å². The lowest BCUT2D eigenvalue weighted by Crippen LogP contribution is -2.38. The summed E-state index contributed by atoms with van der Waals surface area (Å²) < 4.78 is 28.4. The molecule has 1 fully saturated rings. The van der Waals surface area contributed by atoms with E-state index >= 15 is 0 Å². The van der Waals surface area contributed by atoms with Gasteiger partial charge in [-0.15, -0.1) is 0 Å². The predicted octanol–water partition coefficient (Wildman–Crippen LogP) is 2.42. The van der Waals surface area contributed by atoms with E-state index in [4.69, 9.17) is 4.74 Å². The molecule has 7 heteroatoms. The van der Waals surface area contributed by atoms with Crippen LogP contribution >= 0.6 is 0 Å². The van der Waals surface area contributed by atoms with Gasteiger partial charge in [0.15, 0.2) is 9.84 Å². The van der Waals surface area contributed by atoms with Gasteiger partial charge in [-0.25, -0.2) is 13.2 Å². The van der Waals surface area contributed by atoms with Crippen molar-refractivity contribution in [2.45, 2.75) is 32.7 Å².